The van der Waals surface area contributed by atoms with Gasteiger partial charge in [-0.25, -0.2) is 0 Å². The Morgan fingerprint density at radius 2 is 2.00 bits per heavy atom. The van der Waals surface area contributed by atoms with Gasteiger partial charge in [-0.3, -0.25) is 5.41 Å². The van der Waals surface area contributed by atoms with Gasteiger partial charge in [0.2, 0.25) is 0 Å². The summed E-state index contributed by atoms with van der Waals surface area (Å²) in [4.78, 5) is 0. The monoisotopic (exact) mass is 184 g/mol. The molecule has 0 saturated heterocycles. The molecule has 0 amide bonds. The normalized spacial score (nSPS) is 9.75. The van der Waals surface area contributed by atoms with E-state index in [1.165, 1.54) is 0 Å². The summed E-state index contributed by atoms with van der Waals surface area (Å²) in [6.45, 7) is 0. The fourth-order valence-electron chi connectivity index (χ4n) is 0.844. The zero-order valence-electron chi connectivity index (χ0n) is 6.38. The highest BCUT2D eigenvalue weighted by molar-refractivity contribution is 7.93. The van der Waals surface area contributed by atoms with Crippen molar-refractivity contribution >= 4 is 18.0 Å². The van der Waals surface area contributed by atoms with Gasteiger partial charge >= 0.3 is 0 Å². The first kappa shape index (κ1) is 9.06. The third-order valence-corrected chi connectivity index (χ3v) is 1.93. The SMILES string of the molecule is N=C(N)c1ccc(CSF)cc1. The standard InChI is InChI=1S/C8H9FN2S/c9-12-5-6-1-3-7(4-2-6)8(10)11/h1-4H,5H2,(H3,10,11). The molecular weight excluding hydrogens is 175 g/mol. The van der Waals surface area contributed by atoms with Gasteiger partial charge in [0.15, 0.2) is 0 Å². The van der Waals surface area contributed by atoms with Crippen molar-refractivity contribution in [1.29, 1.82) is 5.41 Å². The van der Waals surface area contributed by atoms with Gasteiger partial charge in [-0.05, 0) is 5.56 Å². The van der Waals surface area contributed by atoms with E-state index in [4.69, 9.17) is 11.1 Å². The molecule has 3 N–H and O–H groups in total. The minimum atomic E-state index is 0.0365. The molecule has 0 spiro atoms. The summed E-state index contributed by atoms with van der Waals surface area (Å²) >= 11 is 0.284. The van der Waals surface area contributed by atoms with Crippen LogP contribution in [-0.4, -0.2) is 5.84 Å². The Kier molecular flexibility index (Phi) is 3.10. The third-order valence-electron chi connectivity index (χ3n) is 1.49. The van der Waals surface area contributed by atoms with Gasteiger partial charge in [0, 0.05) is 17.7 Å². The first-order valence-electron chi connectivity index (χ1n) is 3.41. The number of nitrogen functional groups attached to an aromatic ring is 1. The molecule has 0 aromatic heterocycles. The maximum absolute atomic E-state index is 11.8. The molecule has 0 radical (unpaired) electrons. The van der Waals surface area contributed by atoms with E-state index < -0.39 is 0 Å². The zero-order valence-corrected chi connectivity index (χ0v) is 7.20. The smallest absolute Gasteiger partial charge is 0.122 e. The number of hydrogen-bond donors (Lipinski definition) is 2. The number of benzene rings is 1. The van der Waals surface area contributed by atoms with Crippen molar-refractivity contribution in [3.63, 3.8) is 0 Å². The number of halogens is 1. The largest absolute Gasteiger partial charge is 0.384 e. The second kappa shape index (κ2) is 4.11. The van der Waals surface area contributed by atoms with Crippen LogP contribution < -0.4 is 5.73 Å². The maximum Gasteiger partial charge on any atom is 0.122 e. The van der Waals surface area contributed by atoms with E-state index in [0.29, 0.717) is 11.3 Å². The van der Waals surface area contributed by atoms with Crippen LogP contribution in [0.15, 0.2) is 24.3 Å². The minimum Gasteiger partial charge on any atom is -0.384 e. The van der Waals surface area contributed by atoms with Crippen molar-refractivity contribution in [2.24, 2.45) is 5.73 Å². The molecule has 1 aromatic carbocycles. The predicted octanol–water partition coefficient (Wildman–Crippen LogP) is 2.09. The van der Waals surface area contributed by atoms with Crippen molar-refractivity contribution in [2.45, 2.75) is 5.75 Å². The van der Waals surface area contributed by atoms with Gasteiger partial charge in [-0.1, -0.05) is 24.3 Å². The Bertz CT molecular complexity index is 271. The van der Waals surface area contributed by atoms with E-state index in [2.05, 4.69) is 0 Å². The molecular formula is C8H9FN2S. The predicted molar refractivity (Wildman–Crippen MR) is 49.9 cm³/mol. The van der Waals surface area contributed by atoms with Crippen LogP contribution in [0.4, 0.5) is 3.89 Å². The lowest BCUT2D eigenvalue weighted by Gasteiger charge is -1.99. The number of nitrogens with two attached hydrogens (primary N) is 1. The van der Waals surface area contributed by atoms with Crippen molar-refractivity contribution in [1.82, 2.24) is 0 Å². The molecule has 0 fully saturated rings. The fourth-order valence-corrected chi connectivity index (χ4v) is 1.16. The highest BCUT2D eigenvalue weighted by atomic mass is 32.2. The van der Waals surface area contributed by atoms with E-state index in [1.807, 2.05) is 0 Å². The fraction of sp³-hybridized carbons (Fsp3) is 0.125. The van der Waals surface area contributed by atoms with Gasteiger partial charge in [0.1, 0.15) is 5.84 Å². The lowest BCUT2D eigenvalue weighted by molar-refractivity contribution is 0.933. The molecule has 0 heterocycles. The van der Waals surface area contributed by atoms with Crippen LogP contribution >= 0.6 is 12.1 Å². The van der Waals surface area contributed by atoms with Crippen molar-refractivity contribution in [3.05, 3.63) is 35.4 Å². The van der Waals surface area contributed by atoms with Crippen molar-refractivity contribution < 1.29 is 3.89 Å². The summed E-state index contributed by atoms with van der Waals surface area (Å²) in [5, 5.41) is 7.11. The Balaban J connectivity index is 2.78. The Morgan fingerprint density at radius 1 is 1.42 bits per heavy atom. The van der Waals surface area contributed by atoms with Crippen LogP contribution in [-0.2, 0) is 5.75 Å². The molecule has 64 valence electrons. The van der Waals surface area contributed by atoms with E-state index in [0.717, 1.165) is 5.56 Å². The molecule has 1 aromatic rings. The number of nitrogens with one attached hydrogen (secondary N) is 1. The summed E-state index contributed by atoms with van der Waals surface area (Å²) in [6.07, 6.45) is 0. The van der Waals surface area contributed by atoms with Gasteiger partial charge in [0.25, 0.3) is 0 Å². The summed E-state index contributed by atoms with van der Waals surface area (Å²) in [5.41, 5.74) is 6.81. The Labute approximate surface area is 74.8 Å². The highest BCUT2D eigenvalue weighted by Gasteiger charge is 1.96. The van der Waals surface area contributed by atoms with Gasteiger partial charge < -0.3 is 5.73 Å². The van der Waals surface area contributed by atoms with Crippen LogP contribution in [0.1, 0.15) is 11.1 Å². The lowest BCUT2D eigenvalue weighted by atomic mass is 10.1. The maximum atomic E-state index is 11.8. The second-order valence-electron chi connectivity index (χ2n) is 2.36. The third kappa shape index (κ3) is 2.23. The highest BCUT2D eigenvalue weighted by Crippen LogP contribution is 2.12. The molecule has 0 bridgehead atoms. The molecule has 12 heavy (non-hydrogen) atoms. The van der Waals surface area contributed by atoms with E-state index in [9.17, 15) is 3.89 Å². The molecule has 2 nitrogen and oxygen atoms in total. The summed E-state index contributed by atoms with van der Waals surface area (Å²) in [7, 11) is 0. The van der Waals surface area contributed by atoms with Crippen molar-refractivity contribution in [3.8, 4) is 0 Å². The topological polar surface area (TPSA) is 49.9 Å². The zero-order chi connectivity index (χ0) is 8.97. The Morgan fingerprint density at radius 3 is 2.42 bits per heavy atom. The van der Waals surface area contributed by atoms with Gasteiger partial charge in [-0.15, -0.1) is 0 Å². The molecule has 0 aliphatic carbocycles. The van der Waals surface area contributed by atoms with E-state index >= 15 is 0 Å². The number of amidine groups is 1. The molecule has 0 atom stereocenters. The number of hydrogen-bond acceptors (Lipinski definition) is 2. The summed E-state index contributed by atoms with van der Waals surface area (Å²) in [6, 6.07) is 6.97. The average molecular weight is 184 g/mol. The first-order valence-corrected chi connectivity index (χ1v) is 4.29. The van der Waals surface area contributed by atoms with E-state index in [-0.39, 0.29) is 18.0 Å². The second-order valence-corrected chi connectivity index (χ2v) is 2.87. The quantitative estimate of drug-likeness (QED) is 0.558. The van der Waals surface area contributed by atoms with Crippen LogP contribution in [0, 0.1) is 5.41 Å². The summed E-state index contributed by atoms with van der Waals surface area (Å²) in [5.74, 6) is 0.382. The van der Waals surface area contributed by atoms with Gasteiger partial charge in [0.05, 0.1) is 5.75 Å². The van der Waals surface area contributed by atoms with Gasteiger partial charge in [-0.2, -0.15) is 3.89 Å². The molecule has 0 saturated carbocycles. The Hall–Kier alpha value is -1.03. The molecule has 0 unspecified atom stereocenters. The lowest BCUT2D eigenvalue weighted by Crippen LogP contribution is -2.10. The van der Waals surface area contributed by atoms with Crippen molar-refractivity contribution in [2.75, 3.05) is 0 Å². The van der Waals surface area contributed by atoms with E-state index in [1.54, 1.807) is 24.3 Å². The molecule has 4 heteroatoms. The molecule has 0 aliphatic heterocycles. The number of rotatable bonds is 3. The van der Waals surface area contributed by atoms with Crippen LogP contribution in [0.5, 0.6) is 0 Å². The molecule has 0 aliphatic rings. The average Bonchev–Trinajstić information content (AvgIpc) is 2.06. The molecule has 1 rings (SSSR count). The minimum absolute atomic E-state index is 0.0365. The first-order chi connectivity index (χ1) is 5.74. The van der Waals surface area contributed by atoms with Crippen LogP contribution in [0.3, 0.4) is 0 Å². The summed E-state index contributed by atoms with van der Waals surface area (Å²) < 4.78 is 11.8. The van der Waals surface area contributed by atoms with Crippen LogP contribution in [0.2, 0.25) is 0 Å². The van der Waals surface area contributed by atoms with Crippen LogP contribution in [0.25, 0.3) is 0 Å².